The third-order valence-corrected chi connectivity index (χ3v) is 13.8. The second-order valence-electron chi connectivity index (χ2n) is 19.9. The van der Waals surface area contributed by atoms with Gasteiger partial charge >= 0.3 is 0 Å². The Kier molecular flexibility index (Phi) is 10.9. The molecular weight excluding hydrogens is 548 g/mol. The first-order valence-electron chi connectivity index (χ1n) is 18.6. The number of likely N-dealkylation sites (tertiary alicyclic amines) is 2. The standard InChI is InChI=1S/C42H76N2O/c1-18-42(33-23-26-38(8,9)43(16)40(33,12)13,34-24-27-39(10,11)44(17)41(34,14)15)25-21-19-20-22-30-28-31(36(2,3)4)35(45)32(29-30)37(5,6)7/h28-29,33-34,45H,18-27H2,1-17H3. The maximum Gasteiger partial charge on any atom is 0.123 e. The molecule has 2 saturated heterocycles. The fraction of sp³-hybridized carbons (Fsp3) is 0.857. The van der Waals surface area contributed by atoms with Crippen LogP contribution >= 0.6 is 0 Å². The number of benzene rings is 1. The zero-order valence-corrected chi connectivity index (χ0v) is 33.2. The number of rotatable bonds is 9. The Labute approximate surface area is 281 Å². The molecule has 1 aromatic carbocycles. The second kappa shape index (κ2) is 12.8. The molecule has 2 atom stereocenters. The number of hydrogen-bond donors (Lipinski definition) is 1. The molecule has 2 unspecified atom stereocenters. The largest absolute Gasteiger partial charge is 0.507 e. The van der Waals surface area contributed by atoms with Crippen LogP contribution in [0.15, 0.2) is 12.1 Å². The van der Waals surface area contributed by atoms with E-state index in [0.29, 0.717) is 23.0 Å². The molecule has 2 heterocycles. The molecule has 0 radical (unpaired) electrons. The van der Waals surface area contributed by atoms with Crippen LogP contribution in [0.1, 0.15) is 178 Å². The van der Waals surface area contributed by atoms with Crippen molar-refractivity contribution >= 4 is 0 Å². The van der Waals surface area contributed by atoms with E-state index in [1.807, 2.05) is 0 Å². The van der Waals surface area contributed by atoms with Gasteiger partial charge in [-0.2, -0.15) is 0 Å². The maximum absolute atomic E-state index is 11.2. The molecule has 0 amide bonds. The summed E-state index contributed by atoms with van der Waals surface area (Å²) in [7, 11) is 4.81. The highest BCUT2D eigenvalue weighted by Crippen LogP contribution is 2.61. The monoisotopic (exact) mass is 625 g/mol. The lowest BCUT2D eigenvalue weighted by Crippen LogP contribution is -2.69. The summed E-state index contributed by atoms with van der Waals surface area (Å²) in [5, 5.41) is 11.2. The summed E-state index contributed by atoms with van der Waals surface area (Å²) in [5.41, 5.74) is 4.49. The van der Waals surface area contributed by atoms with Crippen LogP contribution in [0.2, 0.25) is 0 Å². The van der Waals surface area contributed by atoms with Crippen LogP contribution in [0, 0.1) is 17.3 Å². The number of nitrogens with zero attached hydrogens (tertiary/aromatic N) is 2. The molecular formula is C42H76N2O. The van der Waals surface area contributed by atoms with E-state index >= 15 is 0 Å². The number of unbranched alkanes of at least 4 members (excludes halogenated alkanes) is 2. The van der Waals surface area contributed by atoms with Crippen LogP contribution in [0.3, 0.4) is 0 Å². The van der Waals surface area contributed by atoms with E-state index in [4.69, 9.17) is 0 Å². The summed E-state index contributed by atoms with van der Waals surface area (Å²) in [4.78, 5) is 5.49. The van der Waals surface area contributed by atoms with Gasteiger partial charge in [-0.25, -0.2) is 0 Å². The molecule has 1 aromatic rings. The SMILES string of the molecule is CCC(CCCCCc1cc(C(C)(C)C)c(O)c(C(C)(C)C)c1)(C1CCC(C)(C)N(C)C1(C)C)C1CCC(C)(C)N(C)C1(C)C. The second-order valence-corrected chi connectivity index (χ2v) is 19.9. The Morgan fingerprint density at radius 2 is 1.09 bits per heavy atom. The topological polar surface area (TPSA) is 26.7 Å². The van der Waals surface area contributed by atoms with Gasteiger partial charge in [-0.1, -0.05) is 73.4 Å². The van der Waals surface area contributed by atoms with Crippen molar-refractivity contribution < 1.29 is 5.11 Å². The van der Waals surface area contributed by atoms with E-state index in [9.17, 15) is 5.11 Å². The van der Waals surface area contributed by atoms with Crippen molar-refractivity contribution in [3.63, 3.8) is 0 Å². The molecule has 3 rings (SSSR count). The van der Waals surface area contributed by atoms with Crippen molar-refractivity contribution in [2.75, 3.05) is 14.1 Å². The normalized spacial score (nSPS) is 26.9. The Morgan fingerprint density at radius 1 is 0.689 bits per heavy atom. The lowest BCUT2D eigenvalue weighted by molar-refractivity contribution is -0.164. The van der Waals surface area contributed by atoms with Gasteiger partial charge in [0, 0.05) is 22.2 Å². The van der Waals surface area contributed by atoms with Gasteiger partial charge in [0.25, 0.3) is 0 Å². The van der Waals surface area contributed by atoms with Gasteiger partial charge in [0.2, 0.25) is 0 Å². The molecule has 1 N–H and O–H groups in total. The Morgan fingerprint density at radius 3 is 1.44 bits per heavy atom. The van der Waals surface area contributed by atoms with Crippen molar-refractivity contribution in [3.05, 3.63) is 28.8 Å². The van der Waals surface area contributed by atoms with Crippen molar-refractivity contribution in [2.24, 2.45) is 17.3 Å². The maximum atomic E-state index is 11.2. The van der Waals surface area contributed by atoms with E-state index in [1.54, 1.807) is 0 Å². The van der Waals surface area contributed by atoms with Crippen molar-refractivity contribution in [1.29, 1.82) is 0 Å². The van der Waals surface area contributed by atoms with Gasteiger partial charge in [0.15, 0.2) is 0 Å². The van der Waals surface area contributed by atoms with E-state index in [-0.39, 0.29) is 33.0 Å². The number of aryl methyl sites for hydroxylation is 1. The van der Waals surface area contributed by atoms with E-state index < -0.39 is 0 Å². The van der Waals surface area contributed by atoms with Crippen LogP contribution in [-0.2, 0) is 17.3 Å². The van der Waals surface area contributed by atoms with E-state index in [2.05, 4.69) is 140 Å². The first-order chi connectivity index (χ1) is 20.3. The Balaban J connectivity index is 1.91. The molecule has 45 heavy (non-hydrogen) atoms. The van der Waals surface area contributed by atoms with Gasteiger partial charge in [0.05, 0.1) is 0 Å². The molecule has 260 valence electrons. The van der Waals surface area contributed by atoms with Crippen molar-refractivity contribution in [2.45, 2.75) is 201 Å². The summed E-state index contributed by atoms with van der Waals surface area (Å²) in [6.45, 7) is 36.0. The van der Waals surface area contributed by atoms with Gasteiger partial charge in [-0.3, -0.25) is 9.80 Å². The number of aromatic hydroxyl groups is 1. The summed E-state index contributed by atoms with van der Waals surface area (Å²) < 4.78 is 0. The van der Waals surface area contributed by atoms with Gasteiger partial charge in [-0.05, 0) is 166 Å². The molecule has 0 saturated carbocycles. The average Bonchev–Trinajstić information content (AvgIpc) is 2.89. The molecule has 0 spiro atoms. The number of hydrogen-bond acceptors (Lipinski definition) is 3. The molecule has 3 nitrogen and oxygen atoms in total. The minimum atomic E-state index is -0.0795. The zero-order chi connectivity index (χ0) is 34.6. The third-order valence-electron chi connectivity index (χ3n) is 13.8. The molecule has 0 aliphatic carbocycles. The van der Waals surface area contributed by atoms with E-state index in [1.165, 1.54) is 63.4 Å². The Hall–Kier alpha value is -1.06. The highest BCUT2D eigenvalue weighted by molar-refractivity contribution is 5.50. The smallest absolute Gasteiger partial charge is 0.123 e. The molecule has 0 aromatic heterocycles. The van der Waals surface area contributed by atoms with Crippen molar-refractivity contribution in [1.82, 2.24) is 9.80 Å². The minimum Gasteiger partial charge on any atom is -0.507 e. The zero-order valence-electron chi connectivity index (χ0n) is 33.2. The van der Waals surface area contributed by atoms with E-state index in [0.717, 1.165) is 17.5 Å². The van der Waals surface area contributed by atoms with Crippen LogP contribution < -0.4 is 0 Å². The van der Waals surface area contributed by atoms with Crippen molar-refractivity contribution in [3.8, 4) is 5.75 Å². The number of phenolic OH excluding ortho intramolecular Hbond substituents is 1. The summed E-state index contributed by atoms with van der Waals surface area (Å²) >= 11 is 0. The summed E-state index contributed by atoms with van der Waals surface area (Å²) in [6.07, 6.45) is 12.7. The molecule has 3 heteroatoms. The summed E-state index contributed by atoms with van der Waals surface area (Å²) in [6, 6.07) is 4.59. The third kappa shape index (κ3) is 7.35. The highest BCUT2D eigenvalue weighted by Gasteiger charge is 2.60. The molecule has 0 bridgehead atoms. The fourth-order valence-electron chi connectivity index (χ4n) is 10.2. The molecule has 2 aliphatic rings. The minimum absolute atomic E-state index is 0.0795. The van der Waals surface area contributed by atoms with Gasteiger partial charge < -0.3 is 5.11 Å². The Bertz CT molecular complexity index is 1080. The lowest BCUT2D eigenvalue weighted by Gasteiger charge is -2.66. The van der Waals surface area contributed by atoms with Crippen LogP contribution in [0.5, 0.6) is 5.75 Å². The predicted molar refractivity (Wildman–Crippen MR) is 198 cm³/mol. The lowest BCUT2D eigenvalue weighted by atomic mass is 9.48. The van der Waals surface area contributed by atoms with Crippen LogP contribution in [0.4, 0.5) is 0 Å². The predicted octanol–water partition coefficient (Wildman–Crippen LogP) is 11.3. The number of phenols is 1. The first kappa shape index (κ1) is 38.4. The molecule has 2 fully saturated rings. The molecule has 2 aliphatic heterocycles. The fourth-order valence-corrected chi connectivity index (χ4v) is 10.2. The summed E-state index contributed by atoms with van der Waals surface area (Å²) in [5.74, 6) is 1.85. The average molecular weight is 625 g/mol. The van der Waals surface area contributed by atoms with Crippen LogP contribution in [0.25, 0.3) is 0 Å². The first-order valence-corrected chi connectivity index (χ1v) is 18.6. The number of piperidine rings is 2. The quantitative estimate of drug-likeness (QED) is 0.277. The van der Waals surface area contributed by atoms with Crippen LogP contribution in [-0.4, -0.2) is 51.2 Å². The van der Waals surface area contributed by atoms with Gasteiger partial charge in [-0.15, -0.1) is 0 Å². The van der Waals surface area contributed by atoms with Gasteiger partial charge in [0.1, 0.15) is 5.75 Å². The highest BCUT2D eigenvalue weighted by atomic mass is 16.3.